The Morgan fingerprint density at radius 3 is 1.80 bits per heavy atom. The maximum Gasteiger partial charge on any atom is 0.0640 e. The highest BCUT2D eigenvalue weighted by molar-refractivity contribution is 7.26. The van der Waals surface area contributed by atoms with Gasteiger partial charge in [0.2, 0.25) is 0 Å². The summed E-state index contributed by atoms with van der Waals surface area (Å²) in [4.78, 5) is 2.44. The molecule has 0 aliphatic rings. The average molecular weight is 604 g/mol. The van der Waals surface area contributed by atoms with E-state index in [-0.39, 0.29) is 0 Å². The largest absolute Gasteiger partial charge is 0.308 e. The second-order valence-corrected chi connectivity index (χ2v) is 12.8. The lowest BCUT2D eigenvalue weighted by molar-refractivity contribution is 1.32. The van der Waals surface area contributed by atoms with Gasteiger partial charge >= 0.3 is 0 Å². The number of hydrogen-bond donors (Lipinski definition) is 0. The molecule has 0 radical (unpaired) electrons. The Morgan fingerprint density at radius 2 is 0.957 bits per heavy atom. The standard InChI is InChI=1S/C44H29NS/c1-3-17-36-31(11-1)13-8-20-37(36)34-16-7-15-33(29-34)30-25-27-35(28-26-30)45(41-22-9-14-32-12-2-4-18-38(32)41)42-23-10-21-40-39-19-5-6-24-43(39)46-44(40)42/h1-29H. The van der Waals surface area contributed by atoms with Gasteiger partial charge in [-0.15, -0.1) is 11.3 Å². The lowest BCUT2D eigenvalue weighted by Gasteiger charge is -2.27. The highest BCUT2D eigenvalue weighted by Gasteiger charge is 2.19. The summed E-state index contributed by atoms with van der Waals surface area (Å²) in [5.74, 6) is 0. The zero-order valence-electron chi connectivity index (χ0n) is 25.1. The molecule has 9 rings (SSSR count). The zero-order valence-corrected chi connectivity index (χ0v) is 25.9. The molecule has 0 fully saturated rings. The van der Waals surface area contributed by atoms with Gasteiger partial charge in [-0.1, -0.05) is 140 Å². The minimum Gasteiger partial charge on any atom is -0.308 e. The maximum atomic E-state index is 2.44. The molecule has 0 unspecified atom stereocenters. The third-order valence-corrected chi connectivity index (χ3v) is 10.3. The predicted molar refractivity (Wildman–Crippen MR) is 200 cm³/mol. The Labute approximate surface area is 272 Å². The van der Waals surface area contributed by atoms with Crippen LogP contribution in [0.25, 0.3) is 64.0 Å². The molecular formula is C44H29NS. The van der Waals surface area contributed by atoms with Crippen molar-refractivity contribution in [3.63, 3.8) is 0 Å². The number of thiophene rings is 1. The fraction of sp³-hybridized carbons (Fsp3) is 0. The molecule has 46 heavy (non-hydrogen) atoms. The van der Waals surface area contributed by atoms with E-state index in [0.717, 1.165) is 5.69 Å². The topological polar surface area (TPSA) is 3.24 Å². The second-order valence-electron chi connectivity index (χ2n) is 11.7. The molecule has 1 heterocycles. The average Bonchev–Trinajstić information content (AvgIpc) is 3.52. The van der Waals surface area contributed by atoms with E-state index >= 15 is 0 Å². The van der Waals surface area contributed by atoms with Gasteiger partial charge in [-0.05, 0) is 74.8 Å². The molecule has 0 aliphatic carbocycles. The van der Waals surface area contributed by atoms with Gasteiger partial charge in [0.1, 0.15) is 0 Å². The number of anilines is 3. The SMILES string of the molecule is c1cc(-c2ccc(N(c3cccc4ccccc34)c3cccc4c3sc3ccccc34)cc2)cc(-c2cccc3ccccc23)c1. The highest BCUT2D eigenvalue weighted by Crippen LogP contribution is 2.46. The van der Waals surface area contributed by atoms with Crippen molar-refractivity contribution in [3.8, 4) is 22.3 Å². The first-order chi connectivity index (χ1) is 22.8. The van der Waals surface area contributed by atoms with Crippen LogP contribution in [0.2, 0.25) is 0 Å². The van der Waals surface area contributed by atoms with Gasteiger partial charge < -0.3 is 4.90 Å². The van der Waals surface area contributed by atoms with Gasteiger partial charge in [0, 0.05) is 26.5 Å². The van der Waals surface area contributed by atoms with Gasteiger partial charge in [-0.2, -0.15) is 0 Å². The zero-order chi connectivity index (χ0) is 30.5. The smallest absolute Gasteiger partial charge is 0.0640 e. The van der Waals surface area contributed by atoms with E-state index < -0.39 is 0 Å². The Bertz CT molecular complexity index is 2530. The molecule has 216 valence electrons. The van der Waals surface area contributed by atoms with Crippen molar-refractivity contribution in [2.75, 3.05) is 4.90 Å². The summed E-state index contributed by atoms with van der Waals surface area (Å²) >= 11 is 1.87. The van der Waals surface area contributed by atoms with Crippen LogP contribution in [0.4, 0.5) is 17.1 Å². The summed E-state index contributed by atoms with van der Waals surface area (Å²) in [6.45, 7) is 0. The summed E-state index contributed by atoms with van der Waals surface area (Å²) in [7, 11) is 0. The molecule has 0 spiro atoms. The minimum atomic E-state index is 1.13. The number of nitrogens with zero attached hydrogens (tertiary/aromatic N) is 1. The molecule has 0 bridgehead atoms. The quantitative estimate of drug-likeness (QED) is 0.189. The number of hydrogen-bond acceptors (Lipinski definition) is 2. The first kappa shape index (κ1) is 26.7. The molecule has 0 N–H and O–H groups in total. The van der Waals surface area contributed by atoms with Crippen molar-refractivity contribution in [1.29, 1.82) is 0 Å². The van der Waals surface area contributed by atoms with Gasteiger partial charge in [-0.3, -0.25) is 0 Å². The van der Waals surface area contributed by atoms with Gasteiger partial charge in [-0.25, -0.2) is 0 Å². The first-order valence-corrected chi connectivity index (χ1v) is 16.5. The van der Waals surface area contributed by atoms with Crippen molar-refractivity contribution in [1.82, 2.24) is 0 Å². The fourth-order valence-electron chi connectivity index (χ4n) is 6.87. The Balaban J connectivity index is 1.19. The van der Waals surface area contributed by atoms with Crippen LogP contribution in [0.5, 0.6) is 0 Å². The maximum absolute atomic E-state index is 2.44. The molecule has 0 saturated carbocycles. The molecule has 1 aromatic heterocycles. The van der Waals surface area contributed by atoms with Crippen molar-refractivity contribution in [2.24, 2.45) is 0 Å². The number of rotatable bonds is 5. The van der Waals surface area contributed by atoms with Crippen molar-refractivity contribution < 1.29 is 0 Å². The minimum absolute atomic E-state index is 1.13. The molecule has 0 amide bonds. The number of benzene rings is 8. The Kier molecular flexibility index (Phi) is 6.40. The second kappa shape index (κ2) is 11.0. The molecule has 9 aromatic rings. The van der Waals surface area contributed by atoms with Crippen molar-refractivity contribution in [2.45, 2.75) is 0 Å². The summed E-state index contributed by atoms with van der Waals surface area (Å²) in [6, 6.07) is 63.9. The molecule has 0 saturated heterocycles. The summed E-state index contributed by atoms with van der Waals surface area (Å²) in [6.07, 6.45) is 0. The van der Waals surface area contributed by atoms with E-state index in [4.69, 9.17) is 0 Å². The number of fused-ring (bicyclic) bond motifs is 5. The Morgan fingerprint density at radius 1 is 0.370 bits per heavy atom. The van der Waals surface area contributed by atoms with Crippen LogP contribution in [0.15, 0.2) is 176 Å². The van der Waals surface area contributed by atoms with E-state index in [9.17, 15) is 0 Å². The van der Waals surface area contributed by atoms with Crippen molar-refractivity contribution >= 4 is 70.1 Å². The van der Waals surface area contributed by atoms with Gasteiger partial charge in [0.05, 0.1) is 16.1 Å². The molecule has 0 aliphatic heterocycles. The van der Waals surface area contributed by atoms with Crippen LogP contribution < -0.4 is 4.90 Å². The summed E-state index contributed by atoms with van der Waals surface area (Å²) in [5, 5.41) is 7.61. The highest BCUT2D eigenvalue weighted by atomic mass is 32.1. The summed E-state index contributed by atoms with van der Waals surface area (Å²) < 4.78 is 2.60. The van der Waals surface area contributed by atoms with Crippen molar-refractivity contribution in [3.05, 3.63) is 176 Å². The first-order valence-electron chi connectivity index (χ1n) is 15.7. The van der Waals surface area contributed by atoms with E-state index in [2.05, 4.69) is 181 Å². The lowest BCUT2D eigenvalue weighted by atomic mass is 9.95. The monoisotopic (exact) mass is 603 g/mol. The lowest BCUT2D eigenvalue weighted by Crippen LogP contribution is -2.10. The van der Waals surface area contributed by atoms with E-state index in [1.807, 2.05) is 11.3 Å². The Hall–Kier alpha value is -5.70. The molecule has 8 aromatic carbocycles. The fourth-order valence-corrected chi connectivity index (χ4v) is 8.07. The summed E-state index contributed by atoms with van der Waals surface area (Å²) in [5.41, 5.74) is 8.40. The molecule has 0 atom stereocenters. The van der Waals surface area contributed by atoms with Crippen LogP contribution in [0.1, 0.15) is 0 Å². The van der Waals surface area contributed by atoms with Crippen LogP contribution in [-0.2, 0) is 0 Å². The van der Waals surface area contributed by atoms with Crippen LogP contribution >= 0.6 is 11.3 Å². The molecule has 2 heteroatoms. The molecule has 1 nitrogen and oxygen atoms in total. The third-order valence-electron chi connectivity index (χ3n) is 9.05. The van der Waals surface area contributed by atoms with Gasteiger partial charge in [0.15, 0.2) is 0 Å². The third kappa shape index (κ3) is 4.46. The van der Waals surface area contributed by atoms with Gasteiger partial charge in [0.25, 0.3) is 0 Å². The van der Waals surface area contributed by atoms with Crippen LogP contribution in [-0.4, -0.2) is 0 Å². The van der Waals surface area contributed by atoms with E-state index in [0.29, 0.717) is 0 Å². The normalized spacial score (nSPS) is 11.5. The predicted octanol–water partition coefficient (Wildman–Crippen LogP) is 13.2. The molecular weight excluding hydrogens is 575 g/mol. The van der Waals surface area contributed by atoms with E-state index in [1.54, 1.807) is 0 Å². The van der Waals surface area contributed by atoms with Crippen LogP contribution in [0.3, 0.4) is 0 Å². The van der Waals surface area contributed by atoms with Crippen LogP contribution in [0, 0.1) is 0 Å². The van der Waals surface area contributed by atoms with E-state index in [1.165, 1.54) is 75.3 Å².